The first-order chi connectivity index (χ1) is 8.90. The van der Waals surface area contributed by atoms with Crippen molar-refractivity contribution < 1.29 is 14.7 Å². The smallest absolute Gasteiger partial charge is 0.323 e. The fraction of sp³-hybridized carbons (Fsp3) is 0.417. The van der Waals surface area contributed by atoms with E-state index in [1.54, 1.807) is 12.1 Å². The summed E-state index contributed by atoms with van der Waals surface area (Å²) in [7, 11) is 3.72. The van der Waals surface area contributed by atoms with Gasteiger partial charge in [-0.05, 0) is 42.2 Å². The van der Waals surface area contributed by atoms with Gasteiger partial charge >= 0.3 is 5.97 Å². The van der Waals surface area contributed by atoms with Gasteiger partial charge in [-0.25, -0.2) is 4.98 Å². The highest BCUT2D eigenvalue weighted by atomic mass is 79.9. The Morgan fingerprint density at radius 1 is 1.32 bits per heavy atom. The van der Waals surface area contributed by atoms with Gasteiger partial charge in [0.1, 0.15) is 12.2 Å². The third-order valence-electron chi connectivity index (χ3n) is 2.38. The van der Waals surface area contributed by atoms with E-state index in [9.17, 15) is 9.59 Å². The van der Waals surface area contributed by atoms with Crippen molar-refractivity contribution in [3.63, 3.8) is 0 Å². The number of carbonyl (C=O) groups is 2. The molecule has 0 aliphatic heterocycles. The van der Waals surface area contributed by atoms with Crippen LogP contribution in [0.4, 0.5) is 0 Å². The molecule has 19 heavy (non-hydrogen) atoms. The maximum Gasteiger partial charge on any atom is 0.323 e. The summed E-state index contributed by atoms with van der Waals surface area (Å²) in [5.41, 5.74) is 0.239. The van der Waals surface area contributed by atoms with Crippen LogP contribution in [0, 0.1) is 0 Å². The molecule has 1 heterocycles. The van der Waals surface area contributed by atoms with Crippen molar-refractivity contribution in [2.24, 2.45) is 0 Å². The lowest BCUT2D eigenvalue weighted by Gasteiger charge is -2.22. The second-order valence-electron chi connectivity index (χ2n) is 4.29. The SMILES string of the molecule is CN(C)CCN(CC(=O)O)C(=O)c1ccc(Br)cn1. The Bertz CT molecular complexity index is 448. The summed E-state index contributed by atoms with van der Waals surface area (Å²) < 4.78 is 0.766. The number of nitrogens with zero attached hydrogens (tertiary/aromatic N) is 3. The Morgan fingerprint density at radius 3 is 2.47 bits per heavy atom. The zero-order chi connectivity index (χ0) is 14.4. The third kappa shape index (κ3) is 5.35. The predicted molar refractivity (Wildman–Crippen MR) is 74.0 cm³/mol. The molecule has 1 amide bonds. The van der Waals surface area contributed by atoms with Gasteiger partial charge in [0.05, 0.1) is 0 Å². The number of aliphatic carboxylic acids is 1. The van der Waals surface area contributed by atoms with Crippen LogP contribution in [-0.2, 0) is 4.79 Å². The van der Waals surface area contributed by atoms with Gasteiger partial charge in [0, 0.05) is 23.8 Å². The standard InChI is InChI=1S/C12H16BrN3O3/c1-15(2)5-6-16(8-11(17)18)12(19)10-4-3-9(13)7-14-10/h3-4,7H,5-6,8H2,1-2H3,(H,17,18). The summed E-state index contributed by atoms with van der Waals surface area (Å²) in [6, 6.07) is 3.27. The minimum Gasteiger partial charge on any atom is -0.480 e. The summed E-state index contributed by atoms with van der Waals surface area (Å²) in [4.78, 5) is 30.1. The Kier molecular flexibility index (Phi) is 5.91. The third-order valence-corrected chi connectivity index (χ3v) is 2.85. The van der Waals surface area contributed by atoms with Crippen LogP contribution in [0.25, 0.3) is 0 Å². The summed E-state index contributed by atoms with van der Waals surface area (Å²) in [5, 5.41) is 8.85. The number of carboxylic acid groups (broad SMARTS) is 1. The van der Waals surface area contributed by atoms with E-state index < -0.39 is 5.97 Å². The molecule has 0 aromatic carbocycles. The largest absolute Gasteiger partial charge is 0.480 e. The van der Waals surface area contributed by atoms with Crippen molar-refractivity contribution in [3.8, 4) is 0 Å². The van der Waals surface area contributed by atoms with E-state index in [4.69, 9.17) is 5.11 Å². The molecule has 0 saturated carbocycles. The van der Waals surface area contributed by atoms with Crippen LogP contribution in [-0.4, -0.2) is 65.5 Å². The van der Waals surface area contributed by atoms with Crippen molar-refractivity contribution in [1.29, 1.82) is 0 Å². The first kappa shape index (κ1) is 15.6. The zero-order valence-electron chi connectivity index (χ0n) is 10.8. The van der Waals surface area contributed by atoms with Crippen LogP contribution in [0.3, 0.4) is 0 Å². The number of carboxylic acids is 1. The Morgan fingerprint density at radius 2 is 2.00 bits per heavy atom. The van der Waals surface area contributed by atoms with Crippen LogP contribution in [0.2, 0.25) is 0 Å². The van der Waals surface area contributed by atoms with Gasteiger partial charge in [0.25, 0.3) is 5.91 Å². The van der Waals surface area contributed by atoms with Gasteiger partial charge in [-0.2, -0.15) is 0 Å². The average Bonchev–Trinajstić information content (AvgIpc) is 2.34. The summed E-state index contributed by atoms with van der Waals surface area (Å²) in [6.07, 6.45) is 1.51. The van der Waals surface area contributed by atoms with Gasteiger partial charge in [-0.3, -0.25) is 9.59 Å². The molecule has 0 aliphatic carbocycles. The molecule has 0 saturated heterocycles. The molecule has 1 aromatic heterocycles. The van der Waals surface area contributed by atoms with Crippen molar-refractivity contribution in [3.05, 3.63) is 28.5 Å². The molecule has 0 fully saturated rings. The Labute approximate surface area is 120 Å². The first-order valence-electron chi connectivity index (χ1n) is 5.67. The topological polar surface area (TPSA) is 73.7 Å². The van der Waals surface area contributed by atoms with Gasteiger partial charge < -0.3 is 14.9 Å². The minimum atomic E-state index is -1.04. The molecule has 0 atom stereocenters. The van der Waals surface area contributed by atoms with E-state index in [2.05, 4.69) is 20.9 Å². The number of amides is 1. The maximum absolute atomic E-state index is 12.2. The zero-order valence-corrected chi connectivity index (χ0v) is 12.4. The number of carbonyl (C=O) groups excluding carboxylic acids is 1. The molecule has 6 nitrogen and oxygen atoms in total. The molecule has 0 aliphatic rings. The van der Waals surface area contributed by atoms with E-state index in [0.717, 1.165) is 4.47 Å². The van der Waals surface area contributed by atoms with Crippen molar-refractivity contribution >= 4 is 27.8 Å². The number of hydrogen-bond acceptors (Lipinski definition) is 4. The van der Waals surface area contributed by atoms with E-state index in [-0.39, 0.29) is 18.1 Å². The molecule has 0 radical (unpaired) electrons. The molecule has 1 N–H and O–H groups in total. The van der Waals surface area contributed by atoms with E-state index >= 15 is 0 Å². The summed E-state index contributed by atoms with van der Waals surface area (Å²) >= 11 is 3.23. The monoisotopic (exact) mass is 329 g/mol. The fourth-order valence-corrected chi connectivity index (χ4v) is 1.64. The minimum absolute atomic E-state index is 0.239. The normalized spacial score (nSPS) is 10.5. The number of halogens is 1. The van der Waals surface area contributed by atoms with Gasteiger partial charge in [0.15, 0.2) is 0 Å². The summed E-state index contributed by atoms with van der Waals surface area (Å²) in [6.45, 7) is 0.607. The van der Waals surface area contributed by atoms with E-state index in [0.29, 0.717) is 13.1 Å². The second-order valence-corrected chi connectivity index (χ2v) is 5.20. The molecule has 0 unspecified atom stereocenters. The quantitative estimate of drug-likeness (QED) is 0.840. The number of pyridine rings is 1. The lowest BCUT2D eigenvalue weighted by Crippen LogP contribution is -2.40. The van der Waals surface area contributed by atoms with Crippen LogP contribution < -0.4 is 0 Å². The van der Waals surface area contributed by atoms with Gasteiger partial charge in [-0.1, -0.05) is 0 Å². The first-order valence-corrected chi connectivity index (χ1v) is 6.47. The van der Waals surface area contributed by atoms with E-state index in [1.807, 2.05) is 19.0 Å². The van der Waals surface area contributed by atoms with Crippen molar-refractivity contribution in [1.82, 2.24) is 14.8 Å². The Hall–Kier alpha value is -1.47. The lowest BCUT2D eigenvalue weighted by atomic mass is 10.3. The predicted octanol–water partition coefficient (Wildman–Crippen LogP) is 0.933. The molecule has 7 heteroatoms. The van der Waals surface area contributed by atoms with Crippen LogP contribution in [0.15, 0.2) is 22.8 Å². The molecule has 104 valence electrons. The number of likely N-dealkylation sites (N-methyl/N-ethyl adjacent to an activating group) is 1. The van der Waals surface area contributed by atoms with E-state index in [1.165, 1.54) is 11.1 Å². The van der Waals surface area contributed by atoms with Gasteiger partial charge in [-0.15, -0.1) is 0 Å². The molecular formula is C12H16BrN3O3. The molecule has 1 aromatic rings. The Balaban J connectivity index is 2.80. The van der Waals surface area contributed by atoms with Crippen molar-refractivity contribution in [2.75, 3.05) is 33.7 Å². The molecular weight excluding hydrogens is 314 g/mol. The number of hydrogen-bond donors (Lipinski definition) is 1. The fourth-order valence-electron chi connectivity index (χ4n) is 1.40. The highest BCUT2D eigenvalue weighted by Crippen LogP contribution is 2.09. The van der Waals surface area contributed by atoms with Crippen LogP contribution >= 0.6 is 15.9 Å². The molecule has 0 bridgehead atoms. The average molecular weight is 330 g/mol. The lowest BCUT2D eigenvalue weighted by molar-refractivity contribution is -0.137. The van der Waals surface area contributed by atoms with Crippen LogP contribution in [0.5, 0.6) is 0 Å². The summed E-state index contributed by atoms with van der Waals surface area (Å²) in [5.74, 6) is -1.42. The van der Waals surface area contributed by atoms with Gasteiger partial charge in [0.2, 0.25) is 0 Å². The highest BCUT2D eigenvalue weighted by Gasteiger charge is 2.19. The maximum atomic E-state index is 12.2. The second kappa shape index (κ2) is 7.20. The highest BCUT2D eigenvalue weighted by molar-refractivity contribution is 9.10. The van der Waals surface area contributed by atoms with Crippen LogP contribution in [0.1, 0.15) is 10.5 Å². The number of rotatable bonds is 6. The molecule has 1 rings (SSSR count). The number of aromatic nitrogens is 1. The molecule has 0 spiro atoms. The van der Waals surface area contributed by atoms with Crippen molar-refractivity contribution in [2.45, 2.75) is 0 Å².